The van der Waals surface area contributed by atoms with Gasteiger partial charge in [0.25, 0.3) is 0 Å². The molecule has 0 amide bonds. The van der Waals surface area contributed by atoms with Crippen LogP contribution in [0, 0.1) is 11.8 Å². The lowest BCUT2D eigenvalue weighted by molar-refractivity contribution is 0.181. The number of hydrogen-bond acceptors (Lipinski definition) is 2. The lowest BCUT2D eigenvalue weighted by Crippen LogP contribution is -2.41. The van der Waals surface area contributed by atoms with Gasteiger partial charge in [-0.2, -0.15) is 0 Å². The molecule has 112 valence electrons. The Morgan fingerprint density at radius 2 is 2.11 bits per heavy atom. The molecule has 0 spiro atoms. The van der Waals surface area contributed by atoms with Crippen LogP contribution < -0.4 is 5.32 Å². The molecule has 0 aromatic rings. The fourth-order valence-electron chi connectivity index (χ4n) is 2.56. The predicted molar refractivity (Wildman–Crippen MR) is 90.3 cm³/mol. The molecule has 0 aromatic carbocycles. The number of ether oxygens (including phenoxy) is 1. The average Bonchev–Trinajstić information content (AvgIpc) is 2.78. The number of nitrogens with one attached hydrogen (secondary N) is 1. The zero-order chi connectivity index (χ0) is 12.8. The van der Waals surface area contributed by atoms with Gasteiger partial charge in [0.1, 0.15) is 0 Å². The summed E-state index contributed by atoms with van der Waals surface area (Å²) in [6.07, 6.45) is 5.31. The fraction of sp³-hybridized carbons (Fsp3) is 0.929. The summed E-state index contributed by atoms with van der Waals surface area (Å²) in [5.41, 5.74) is 0. The maximum atomic E-state index is 5.44. The van der Waals surface area contributed by atoms with Gasteiger partial charge in [0.05, 0.1) is 6.61 Å². The van der Waals surface area contributed by atoms with Crippen molar-refractivity contribution in [3.8, 4) is 0 Å². The van der Waals surface area contributed by atoms with Gasteiger partial charge in [-0.15, -0.1) is 24.0 Å². The van der Waals surface area contributed by atoms with E-state index in [-0.39, 0.29) is 24.0 Å². The van der Waals surface area contributed by atoms with Gasteiger partial charge in [-0.25, -0.2) is 0 Å². The third-order valence-electron chi connectivity index (χ3n) is 3.98. The van der Waals surface area contributed by atoms with Crippen LogP contribution in [0.25, 0.3) is 0 Å². The summed E-state index contributed by atoms with van der Waals surface area (Å²) in [6.45, 7) is 6.95. The minimum Gasteiger partial charge on any atom is -0.381 e. The van der Waals surface area contributed by atoms with Gasteiger partial charge in [0.15, 0.2) is 5.96 Å². The molecule has 1 saturated carbocycles. The van der Waals surface area contributed by atoms with Gasteiger partial charge in [0, 0.05) is 39.2 Å². The van der Waals surface area contributed by atoms with Gasteiger partial charge >= 0.3 is 0 Å². The van der Waals surface area contributed by atoms with Crippen molar-refractivity contribution in [1.29, 1.82) is 0 Å². The molecule has 1 unspecified atom stereocenters. The van der Waals surface area contributed by atoms with Crippen LogP contribution in [0.2, 0.25) is 0 Å². The van der Waals surface area contributed by atoms with Crippen LogP contribution in [0.4, 0.5) is 0 Å². The highest BCUT2D eigenvalue weighted by Gasteiger charge is 2.20. The molecule has 1 N–H and O–H groups in total. The molecule has 2 rings (SSSR count). The average molecular weight is 381 g/mol. The number of guanidine groups is 1. The Balaban J connectivity index is 0.00000180. The van der Waals surface area contributed by atoms with Crippen LogP contribution in [-0.2, 0) is 4.74 Å². The number of aliphatic imine (C=N–C) groups is 1. The lowest BCUT2D eigenvalue weighted by Gasteiger charge is -2.27. The van der Waals surface area contributed by atoms with Gasteiger partial charge in [-0.05, 0) is 32.1 Å². The van der Waals surface area contributed by atoms with Crippen LogP contribution >= 0.6 is 24.0 Å². The molecule has 1 aliphatic carbocycles. The molecule has 0 radical (unpaired) electrons. The zero-order valence-corrected chi connectivity index (χ0v) is 14.6. The maximum Gasteiger partial charge on any atom is 0.193 e. The molecule has 0 bridgehead atoms. The predicted octanol–water partition coefficient (Wildman–Crippen LogP) is 2.34. The lowest BCUT2D eigenvalue weighted by atomic mass is 9.86. The molecule has 5 heteroatoms. The van der Waals surface area contributed by atoms with Crippen molar-refractivity contribution in [2.45, 2.75) is 32.6 Å². The quantitative estimate of drug-likeness (QED) is 0.451. The standard InChI is InChI=1S/C14H27N3O.HI/c1-3-15-14(16-9-12-5-4-6-12)17(2)10-13-7-8-18-11-13;/h12-13H,3-11H2,1-2H3,(H,15,16);1H. The SMILES string of the molecule is CCNC(=NCC1CCC1)N(C)CC1CCOC1.I. The van der Waals surface area contributed by atoms with Crippen molar-refractivity contribution >= 4 is 29.9 Å². The highest BCUT2D eigenvalue weighted by molar-refractivity contribution is 14.0. The van der Waals surface area contributed by atoms with E-state index in [2.05, 4.69) is 24.2 Å². The van der Waals surface area contributed by atoms with Crippen LogP contribution in [0.1, 0.15) is 32.6 Å². The molecule has 1 saturated heterocycles. The van der Waals surface area contributed by atoms with Gasteiger partial charge in [0.2, 0.25) is 0 Å². The summed E-state index contributed by atoms with van der Waals surface area (Å²) < 4.78 is 5.44. The summed E-state index contributed by atoms with van der Waals surface area (Å²) in [6, 6.07) is 0. The van der Waals surface area contributed by atoms with Crippen molar-refractivity contribution in [3.05, 3.63) is 0 Å². The highest BCUT2D eigenvalue weighted by atomic mass is 127. The van der Waals surface area contributed by atoms with Crippen molar-refractivity contribution < 1.29 is 4.74 Å². The number of hydrogen-bond donors (Lipinski definition) is 1. The van der Waals surface area contributed by atoms with E-state index in [9.17, 15) is 0 Å². The summed E-state index contributed by atoms with van der Waals surface area (Å²) in [5, 5.41) is 3.39. The van der Waals surface area contributed by atoms with Crippen molar-refractivity contribution in [2.24, 2.45) is 16.8 Å². The molecule has 1 heterocycles. The molecule has 19 heavy (non-hydrogen) atoms. The second kappa shape index (κ2) is 9.00. The fourth-order valence-corrected chi connectivity index (χ4v) is 2.56. The first-order valence-electron chi connectivity index (χ1n) is 7.36. The summed E-state index contributed by atoms with van der Waals surface area (Å²) in [7, 11) is 2.14. The highest BCUT2D eigenvalue weighted by Crippen LogP contribution is 2.26. The number of rotatable bonds is 5. The molecule has 2 fully saturated rings. The molecular formula is C14H28IN3O. The van der Waals surface area contributed by atoms with E-state index >= 15 is 0 Å². The molecule has 1 atom stereocenters. The largest absolute Gasteiger partial charge is 0.381 e. The van der Waals surface area contributed by atoms with E-state index in [1.807, 2.05) is 0 Å². The topological polar surface area (TPSA) is 36.9 Å². The molecular weight excluding hydrogens is 353 g/mol. The first-order valence-corrected chi connectivity index (χ1v) is 7.36. The van der Waals surface area contributed by atoms with Crippen molar-refractivity contribution in [3.63, 3.8) is 0 Å². The Morgan fingerprint density at radius 1 is 1.32 bits per heavy atom. The molecule has 2 aliphatic rings. The summed E-state index contributed by atoms with van der Waals surface area (Å²) >= 11 is 0. The normalized spacial score (nSPS) is 23.7. The minimum atomic E-state index is 0. The van der Waals surface area contributed by atoms with Gasteiger partial charge in [-0.1, -0.05) is 6.42 Å². The maximum absolute atomic E-state index is 5.44. The Hall–Kier alpha value is -0.0400. The van der Waals surface area contributed by atoms with Crippen molar-refractivity contribution in [1.82, 2.24) is 10.2 Å². The van der Waals surface area contributed by atoms with E-state index in [0.717, 1.165) is 44.7 Å². The number of halogens is 1. The molecule has 4 nitrogen and oxygen atoms in total. The minimum absolute atomic E-state index is 0. The van der Waals surface area contributed by atoms with Crippen LogP contribution in [0.5, 0.6) is 0 Å². The first kappa shape index (κ1) is 17.0. The van der Waals surface area contributed by atoms with Crippen LogP contribution in [0.15, 0.2) is 4.99 Å². The second-order valence-corrected chi connectivity index (χ2v) is 5.60. The Labute approximate surface area is 134 Å². The monoisotopic (exact) mass is 381 g/mol. The third-order valence-corrected chi connectivity index (χ3v) is 3.98. The summed E-state index contributed by atoms with van der Waals surface area (Å²) in [5.74, 6) is 2.57. The molecule has 0 aromatic heterocycles. The van der Waals surface area contributed by atoms with E-state index in [1.54, 1.807) is 0 Å². The Morgan fingerprint density at radius 3 is 2.63 bits per heavy atom. The van der Waals surface area contributed by atoms with Gasteiger partial charge < -0.3 is 15.0 Å². The third kappa shape index (κ3) is 5.45. The second-order valence-electron chi connectivity index (χ2n) is 5.60. The van der Waals surface area contributed by atoms with E-state index in [0.29, 0.717) is 5.92 Å². The smallest absolute Gasteiger partial charge is 0.193 e. The van der Waals surface area contributed by atoms with E-state index in [4.69, 9.17) is 9.73 Å². The Kier molecular flexibility index (Phi) is 8.06. The number of nitrogens with zero attached hydrogens (tertiary/aromatic N) is 2. The van der Waals surface area contributed by atoms with Crippen LogP contribution in [-0.4, -0.2) is 50.8 Å². The van der Waals surface area contributed by atoms with Gasteiger partial charge in [-0.3, -0.25) is 4.99 Å². The van der Waals surface area contributed by atoms with Crippen LogP contribution in [0.3, 0.4) is 0 Å². The Bertz CT molecular complexity index is 276. The van der Waals surface area contributed by atoms with E-state index < -0.39 is 0 Å². The van der Waals surface area contributed by atoms with Crippen molar-refractivity contribution in [2.75, 3.05) is 39.9 Å². The van der Waals surface area contributed by atoms with E-state index in [1.165, 1.54) is 25.7 Å². The summed E-state index contributed by atoms with van der Waals surface area (Å²) in [4.78, 5) is 7.03. The molecule has 1 aliphatic heterocycles. The zero-order valence-electron chi connectivity index (χ0n) is 12.2. The first-order chi connectivity index (χ1) is 8.79.